The predicted molar refractivity (Wildman–Crippen MR) is 154 cm³/mol. The van der Waals surface area contributed by atoms with E-state index in [-0.39, 0.29) is 56.9 Å². The fraction of sp³-hybridized carbons (Fsp3) is 0.839. The number of hydrogen-bond acceptors (Lipinski definition) is 9. The van der Waals surface area contributed by atoms with E-state index in [9.17, 15) is 24.0 Å². The van der Waals surface area contributed by atoms with Crippen LogP contribution in [0.15, 0.2) is 0 Å². The number of ether oxygens (including phenoxy) is 4. The van der Waals surface area contributed by atoms with E-state index in [4.69, 9.17) is 18.9 Å². The first kappa shape index (κ1) is 36.4. The molecule has 2 unspecified atom stereocenters. The number of carbonyl (C=O) groups is 5. The van der Waals surface area contributed by atoms with Gasteiger partial charge in [0.15, 0.2) is 0 Å². The quantitative estimate of drug-likeness (QED) is 0.0610. The van der Waals surface area contributed by atoms with Crippen molar-refractivity contribution < 1.29 is 42.9 Å². The second-order valence-electron chi connectivity index (χ2n) is 11.1. The van der Waals surface area contributed by atoms with Crippen LogP contribution in [-0.4, -0.2) is 73.7 Å². The van der Waals surface area contributed by atoms with Gasteiger partial charge < -0.3 is 23.8 Å². The lowest BCUT2D eigenvalue weighted by Gasteiger charge is -2.45. The molecule has 0 spiro atoms. The molecule has 0 aliphatic carbocycles. The molecule has 1 rings (SSSR count). The molecule has 10 heteroatoms. The highest BCUT2D eigenvalue weighted by atomic mass is 16.6. The number of rotatable bonds is 25. The first-order valence-corrected chi connectivity index (χ1v) is 15.6. The highest BCUT2D eigenvalue weighted by molar-refractivity contribution is 5.71. The molecular weight excluding hydrogens is 530 g/mol. The summed E-state index contributed by atoms with van der Waals surface area (Å²) in [4.78, 5) is 61.0. The Hall–Kier alpha value is -2.65. The van der Waals surface area contributed by atoms with Gasteiger partial charge in [0.2, 0.25) is 6.41 Å². The lowest BCUT2D eigenvalue weighted by Crippen LogP contribution is -2.59. The Kier molecular flexibility index (Phi) is 20.4. The molecule has 0 radical (unpaired) electrons. The highest BCUT2D eigenvalue weighted by Gasteiger charge is 2.38. The summed E-state index contributed by atoms with van der Waals surface area (Å²) in [6.07, 6.45) is 14.5. The molecule has 1 saturated heterocycles. The van der Waals surface area contributed by atoms with Gasteiger partial charge >= 0.3 is 23.9 Å². The fourth-order valence-corrected chi connectivity index (χ4v) is 4.73. The molecule has 10 nitrogen and oxygen atoms in total. The van der Waals surface area contributed by atoms with Crippen LogP contribution < -0.4 is 0 Å². The van der Waals surface area contributed by atoms with E-state index in [0.717, 1.165) is 51.4 Å². The third-order valence-corrected chi connectivity index (χ3v) is 7.31. The normalized spacial score (nSPS) is 16.1. The van der Waals surface area contributed by atoms with Crippen molar-refractivity contribution in [1.29, 1.82) is 0 Å². The van der Waals surface area contributed by atoms with Gasteiger partial charge in [-0.15, -0.1) is 0 Å². The summed E-state index contributed by atoms with van der Waals surface area (Å²) in [5, 5.41) is 0. The number of nitrogens with zero attached hydrogens (tertiary/aromatic N) is 1. The summed E-state index contributed by atoms with van der Waals surface area (Å²) in [6.45, 7) is 5.66. The molecule has 1 fully saturated rings. The Labute approximate surface area is 246 Å². The summed E-state index contributed by atoms with van der Waals surface area (Å²) in [5.74, 6) is -2.12. The van der Waals surface area contributed by atoms with Crippen molar-refractivity contribution in [2.75, 3.05) is 26.4 Å². The third-order valence-electron chi connectivity index (χ3n) is 7.31. The lowest BCUT2D eigenvalue weighted by atomic mass is 9.95. The summed E-state index contributed by atoms with van der Waals surface area (Å²) < 4.78 is 21.2. The minimum absolute atomic E-state index is 0.0104. The van der Waals surface area contributed by atoms with Crippen LogP contribution in [0.3, 0.4) is 0 Å². The van der Waals surface area contributed by atoms with Gasteiger partial charge in [0.25, 0.3) is 0 Å². The van der Waals surface area contributed by atoms with Gasteiger partial charge in [0.05, 0.1) is 31.7 Å². The topological polar surface area (TPSA) is 126 Å². The second-order valence-corrected chi connectivity index (χ2v) is 11.1. The van der Waals surface area contributed by atoms with Crippen LogP contribution in [0.25, 0.3) is 0 Å². The van der Waals surface area contributed by atoms with Crippen molar-refractivity contribution in [2.24, 2.45) is 5.92 Å². The van der Waals surface area contributed by atoms with Crippen LogP contribution in [0, 0.1) is 5.92 Å². The maximum absolute atomic E-state index is 12.6. The van der Waals surface area contributed by atoms with E-state index in [1.54, 1.807) is 0 Å². The predicted octanol–water partition coefficient (Wildman–Crippen LogP) is 5.29. The number of carbonyl (C=O) groups excluding carboxylic acids is 5. The zero-order valence-electron chi connectivity index (χ0n) is 25.6. The molecule has 0 aromatic rings. The van der Waals surface area contributed by atoms with Gasteiger partial charge in [-0.25, -0.2) is 0 Å². The minimum Gasteiger partial charge on any atom is -0.465 e. The SMILES string of the molecule is CCCCCCCCC(=O)OCC(COC(=O)CCCCCCCC)CC(=O)OCC1CC(COC(C)=O)N1C=O. The molecule has 41 heavy (non-hydrogen) atoms. The Morgan fingerprint density at radius 3 is 1.61 bits per heavy atom. The number of unbranched alkanes of at least 4 members (excludes halogenated alkanes) is 10. The van der Waals surface area contributed by atoms with Crippen LogP contribution in [-0.2, 0) is 42.9 Å². The molecule has 0 saturated carbocycles. The molecule has 0 bridgehead atoms. The van der Waals surface area contributed by atoms with Crippen LogP contribution in [0.2, 0.25) is 0 Å². The van der Waals surface area contributed by atoms with E-state index in [2.05, 4.69) is 13.8 Å². The van der Waals surface area contributed by atoms with Gasteiger partial charge in [0.1, 0.15) is 13.2 Å². The average molecular weight is 584 g/mol. The smallest absolute Gasteiger partial charge is 0.306 e. The first-order valence-electron chi connectivity index (χ1n) is 15.6. The largest absolute Gasteiger partial charge is 0.465 e. The minimum atomic E-state index is -0.525. The maximum Gasteiger partial charge on any atom is 0.306 e. The van der Waals surface area contributed by atoms with Crippen molar-refractivity contribution in [2.45, 2.75) is 136 Å². The molecule has 0 aromatic carbocycles. The van der Waals surface area contributed by atoms with Crippen molar-refractivity contribution in [3.05, 3.63) is 0 Å². The van der Waals surface area contributed by atoms with Crippen molar-refractivity contribution in [3.8, 4) is 0 Å². The lowest BCUT2D eigenvalue weighted by molar-refractivity contribution is -0.160. The van der Waals surface area contributed by atoms with Crippen LogP contribution in [0.1, 0.15) is 124 Å². The first-order chi connectivity index (χ1) is 19.8. The summed E-state index contributed by atoms with van der Waals surface area (Å²) in [7, 11) is 0. The molecular formula is C31H53NO9. The summed E-state index contributed by atoms with van der Waals surface area (Å²) in [5.41, 5.74) is 0. The van der Waals surface area contributed by atoms with Gasteiger partial charge in [-0.05, 0) is 19.3 Å². The van der Waals surface area contributed by atoms with Crippen LogP contribution >= 0.6 is 0 Å². The molecule has 1 aliphatic rings. The number of hydrogen-bond donors (Lipinski definition) is 0. The Morgan fingerprint density at radius 1 is 0.683 bits per heavy atom. The van der Waals surface area contributed by atoms with Crippen LogP contribution in [0.5, 0.6) is 0 Å². The monoisotopic (exact) mass is 583 g/mol. The zero-order chi connectivity index (χ0) is 30.3. The van der Waals surface area contributed by atoms with Gasteiger partial charge in [-0.2, -0.15) is 0 Å². The Bertz CT molecular complexity index is 741. The molecule has 236 valence electrons. The number of likely N-dealkylation sites (tertiary alicyclic amines) is 1. The molecule has 1 heterocycles. The molecule has 1 aliphatic heterocycles. The van der Waals surface area contributed by atoms with Crippen molar-refractivity contribution in [1.82, 2.24) is 4.90 Å². The van der Waals surface area contributed by atoms with Gasteiger partial charge in [-0.1, -0.05) is 78.1 Å². The molecule has 0 N–H and O–H groups in total. The van der Waals surface area contributed by atoms with E-state index < -0.39 is 17.9 Å². The van der Waals surface area contributed by atoms with Gasteiger partial charge in [0, 0.05) is 25.7 Å². The van der Waals surface area contributed by atoms with Gasteiger partial charge in [-0.3, -0.25) is 24.0 Å². The molecule has 2 atom stereocenters. The van der Waals surface area contributed by atoms with E-state index in [1.165, 1.54) is 37.5 Å². The summed E-state index contributed by atoms with van der Waals surface area (Å²) in [6, 6.07) is -0.522. The van der Waals surface area contributed by atoms with Crippen molar-refractivity contribution >= 4 is 30.3 Å². The van der Waals surface area contributed by atoms with Crippen molar-refractivity contribution in [3.63, 3.8) is 0 Å². The average Bonchev–Trinajstić information content (AvgIpc) is 2.93. The Balaban J connectivity index is 2.48. The van der Waals surface area contributed by atoms with Crippen LogP contribution in [0.4, 0.5) is 0 Å². The highest BCUT2D eigenvalue weighted by Crippen LogP contribution is 2.25. The second kappa shape index (κ2) is 23.0. The maximum atomic E-state index is 12.6. The molecule has 1 amide bonds. The third kappa shape index (κ3) is 17.7. The standard InChI is InChI=1S/C31H53NO9/c1-4-6-8-10-12-14-16-29(35)39-20-26(21-40-30(36)17-15-13-11-9-7-5-2)18-31(37)41-23-28-19-27(32(28)24-33)22-38-25(3)34/h24,26-28H,4-23H2,1-3H3. The number of amides is 1. The van der Waals surface area contributed by atoms with E-state index >= 15 is 0 Å². The Morgan fingerprint density at radius 2 is 1.15 bits per heavy atom. The van der Waals surface area contributed by atoms with E-state index in [0.29, 0.717) is 25.7 Å². The molecule has 0 aromatic heterocycles. The zero-order valence-corrected chi connectivity index (χ0v) is 25.6. The van der Waals surface area contributed by atoms with E-state index in [1.807, 2.05) is 0 Å². The number of esters is 4. The fourth-order valence-electron chi connectivity index (χ4n) is 4.73. The summed E-state index contributed by atoms with van der Waals surface area (Å²) >= 11 is 0.